The Kier molecular flexibility index (Phi) is 5.31. The summed E-state index contributed by atoms with van der Waals surface area (Å²) >= 11 is 0. The molecule has 0 bridgehead atoms. The lowest BCUT2D eigenvalue weighted by Gasteiger charge is -2.14. The van der Waals surface area contributed by atoms with Gasteiger partial charge in [0.15, 0.2) is 0 Å². The van der Waals surface area contributed by atoms with Gasteiger partial charge in [-0.1, -0.05) is 127 Å². The highest BCUT2D eigenvalue weighted by atomic mass is 15.0. The fraction of sp³-hybridized carbons (Fsp3) is 0. The molecule has 0 spiro atoms. The van der Waals surface area contributed by atoms with Crippen LogP contribution in [0.15, 0.2) is 170 Å². The molecule has 0 radical (unpaired) electrons. The summed E-state index contributed by atoms with van der Waals surface area (Å²) in [6.45, 7) is 0. The van der Waals surface area contributed by atoms with Crippen molar-refractivity contribution in [2.24, 2.45) is 0 Å². The predicted molar refractivity (Wildman–Crippen MR) is 196 cm³/mol. The third-order valence-electron chi connectivity index (χ3n) is 9.66. The first-order valence-electron chi connectivity index (χ1n) is 15.9. The van der Waals surface area contributed by atoms with Crippen LogP contribution in [0.1, 0.15) is 0 Å². The normalized spacial score (nSPS) is 11.9. The molecule has 2 aromatic heterocycles. The van der Waals surface area contributed by atoms with Gasteiger partial charge in [0.2, 0.25) is 0 Å². The predicted octanol–water partition coefficient (Wildman–Crippen LogP) is 11.9. The van der Waals surface area contributed by atoms with Crippen molar-refractivity contribution in [1.82, 2.24) is 9.13 Å². The average Bonchev–Trinajstić information content (AvgIpc) is 3.66. The Morgan fingerprint density at radius 3 is 1.61 bits per heavy atom. The van der Waals surface area contributed by atoms with E-state index in [1.165, 1.54) is 82.0 Å². The highest BCUT2D eigenvalue weighted by molar-refractivity contribution is 6.39. The van der Waals surface area contributed by atoms with Gasteiger partial charge in [-0.05, 0) is 64.4 Å². The minimum Gasteiger partial charge on any atom is -0.309 e. The van der Waals surface area contributed by atoms with Crippen molar-refractivity contribution in [3.05, 3.63) is 170 Å². The van der Waals surface area contributed by atoms with Crippen molar-refractivity contribution in [3.8, 4) is 22.5 Å². The van der Waals surface area contributed by atoms with Crippen LogP contribution >= 0.6 is 0 Å². The molecule has 0 saturated carbocycles. The largest absolute Gasteiger partial charge is 0.309 e. The molecule has 2 heterocycles. The molecule has 2 nitrogen and oxygen atoms in total. The highest BCUT2D eigenvalue weighted by Crippen LogP contribution is 2.47. The van der Waals surface area contributed by atoms with Gasteiger partial charge >= 0.3 is 0 Å². The molecule has 0 fully saturated rings. The summed E-state index contributed by atoms with van der Waals surface area (Å²) in [6.07, 6.45) is 0. The number of benzene rings is 8. The molecule has 0 unspecified atom stereocenters. The first kappa shape index (κ1) is 25.2. The van der Waals surface area contributed by atoms with Crippen LogP contribution in [0.2, 0.25) is 0 Å². The van der Waals surface area contributed by atoms with Gasteiger partial charge in [0.25, 0.3) is 0 Å². The second-order valence-corrected chi connectivity index (χ2v) is 12.1. The Morgan fingerprint density at radius 1 is 0.283 bits per heavy atom. The molecule has 0 aliphatic rings. The topological polar surface area (TPSA) is 9.86 Å². The fourth-order valence-corrected chi connectivity index (χ4v) is 7.80. The van der Waals surface area contributed by atoms with Crippen LogP contribution in [0.25, 0.3) is 87.7 Å². The molecule has 0 aliphatic carbocycles. The summed E-state index contributed by atoms with van der Waals surface area (Å²) in [5.41, 5.74) is 9.67. The first-order chi connectivity index (χ1) is 22.9. The Bertz CT molecular complexity index is 2780. The van der Waals surface area contributed by atoms with Crippen LogP contribution in [-0.4, -0.2) is 9.13 Å². The van der Waals surface area contributed by atoms with Crippen LogP contribution in [0.5, 0.6) is 0 Å². The number of rotatable bonds is 3. The number of hydrogen-bond donors (Lipinski definition) is 0. The minimum atomic E-state index is 1.16. The van der Waals surface area contributed by atoms with Crippen molar-refractivity contribution in [3.63, 3.8) is 0 Å². The summed E-state index contributed by atoms with van der Waals surface area (Å²) in [7, 11) is 0. The Labute approximate surface area is 266 Å². The first-order valence-corrected chi connectivity index (χ1v) is 15.9. The molecule has 0 atom stereocenters. The minimum absolute atomic E-state index is 1.16. The third-order valence-corrected chi connectivity index (χ3v) is 9.66. The summed E-state index contributed by atoms with van der Waals surface area (Å²) in [5.74, 6) is 0. The maximum Gasteiger partial charge on any atom is 0.0626 e. The van der Waals surface area contributed by atoms with E-state index in [9.17, 15) is 0 Å². The molecule has 0 N–H and O–H groups in total. The van der Waals surface area contributed by atoms with E-state index < -0.39 is 0 Å². The highest BCUT2D eigenvalue weighted by Gasteiger charge is 2.23. The molecular weight excluding hydrogens is 556 g/mol. The average molecular weight is 585 g/mol. The number of aromatic nitrogens is 2. The van der Waals surface area contributed by atoms with Gasteiger partial charge in [-0.2, -0.15) is 0 Å². The molecule has 214 valence electrons. The zero-order valence-corrected chi connectivity index (χ0v) is 25.1. The van der Waals surface area contributed by atoms with Crippen molar-refractivity contribution < 1.29 is 0 Å². The fourth-order valence-electron chi connectivity index (χ4n) is 7.80. The van der Waals surface area contributed by atoms with E-state index in [1.54, 1.807) is 0 Å². The molecule has 10 aromatic rings. The van der Waals surface area contributed by atoms with Crippen LogP contribution in [0.3, 0.4) is 0 Å². The van der Waals surface area contributed by atoms with E-state index in [-0.39, 0.29) is 0 Å². The maximum atomic E-state index is 2.47. The molecule has 0 aliphatic heterocycles. The standard InChI is InChI=1S/C44H28N2/c1-3-14-29(15-4-1)30-16-13-19-32(28-30)45-38-24-11-9-22-36(38)41-40(45)27-26-34-33-20-7-8-21-35(33)44-43(42(34)41)37-23-10-12-25-39(37)46(44)31-17-5-2-6-18-31/h1-28H. The second-order valence-electron chi connectivity index (χ2n) is 12.1. The summed E-state index contributed by atoms with van der Waals surface area (Å²) < 4.78 is 4.92. The van der Waals surface area contributed by atoms with Gasteiger partial charge in [-0.25, -0.2) is 0 Å². The lowest BCUT2D eigenvalue weighted by atomic mass is 9.93. The summed E-state index contributed by atoms with van der Waals surface area (Å²) in [5, 5.41) is 10.3. The Hall–Kier alpha value is -6.12. The number of para-hydroxylation sites is 3. The van der Waals surface area contributed by atoms with Crippen molar-refractivity contribution in [2.75, 3.05) is 0 Å². The number of fused-ring (bicyclic) bond motifs is 12. The smallest absolute Gasteiger partial charge is 0.0626 e. The van der Waals surface area contributed by atoms with Crippen LogP contribution in [0.4, 0.5) is 0 Å². The SMILES string of the molecule is c1ccc(-c2cccc(-n3c4ccccc4c4c5c(ccc43)c3ccccc3c3c5c4ccccc4n3-c3ccccc3)c2)cc1. The monoisotopic (exact) mass is 584 g/mol. The van der Waals surface area contributed by atoms with Gasteiger partial charge < -0.3 is 9.13 Å². The lowest BCUT2D eigenvalue weighted by molar-refractivity contribution is 1.18. The van der Waals surface area contributed by atoms with Crippen molar-refractivity contribution >= 4 is 65.2 Å². The lowest BCUT2D eigenvalue weighted by Crippen LogP contribution is -1.95. The van der Waals surface area contributed by atoms with Crippen LogP contribution < -0.4 is 0 Å². The number of nitrogens with zero attached hydrogens (tertiary/aromatic N) is 2. The molecule has 8 aromatic carbocycles. The molecule has 46 heavy (non-hydrogen) atoms. The maximum absolute atomic E-state index is 2.47. The van der Waals surface area contributed by atoms with Crippen LogP contribution in [0, 0.1) is 0 Å². The van der Waals surface area contributed by atoms with Crippen molar-refractivity contribution in [1.29, 1.82) is 0 Å². The Balaban J connectivity index is 1.43. The van der Waals surface area contributed by atoms with E-state index in [0.717, 1.165) is 5.69 Å². The summed E-state index contributed by atoms with van der Waals surface area (Å²) in [4.78, 5) is 0. The van der Waals surface area contributed by atoms with E-state index in [4.69, 9.17) is 0 Å². The zero-order valence-electron chi connectivity index (χ0n) is 25.1. The molecule has 0 saturated heterocycles. The second kappa shape index (κ2) is 9.69. The molecule has 10 rings (SSSR count). The quantitative estimate of drug-likeness (QED) is 0.183. The third kappa shape index (κ3) is 3.47. The van der Waals surface area contributed by atoms with E-state index >= 15 is 0 Å². The van der Waals surface area contributed by atoms with E-state index in [1.807, 2.05) is 0 Å². The molecular formula is C44H28N2. The van der Waals surface area contributed by atoms with Gasteiger partial charge in [0, 0.05) is 43.7 Å². The van der Waals surface area contributed by atoms with Gasteiger partial charge in [0.1, 0.15) is 0 Å². The van der Waals surface area contributed by atoms with Gasteiger partial charge in [-0.15, -0.1) is 0 Å². The molecule has 2 heteroatoms. The van der Waals surface area contributed by atoms with Gasteiger partial charge in [-0.3, -0.25) is 0 Å². The Morgan fingerprint density at radius 2 is 0.848 bits per heavy atom. The van der Waals surface area contributed by atoms with Crippen molar-refractivity contribution in [2.45, 2.75) is 0 Å². The van der Waals surface area contributed by atoms with Gasteiger partial charge in [0.05, 0.1) is 22.1 Å². The number of hydrogen-bond acceptors (Lipinski definition) is 0. The van der Waals surface area contributed by atoms with Crippen LogP contribution in [-0.2, 0) is 0 Å². The van der Waals surface area contributed by atoms with E-state index in [2.05, 4.69) is 179 Å². The molecule has 0 amide bonds. The van der Waals surface area contributed by atoms with E-state index in [0.29, 0.717) is 0 Å². The zero-order chi connectivity index (χ0) is 30.2. The summed E-state index contributed by atoms with van der Waals surface area (Å²) in [6, 6.07) is 61.8.